The molecule has 124 valence electrons. The number of likely N-dealkylation sites (N-methyl/N-ethyl adjacent to an activating group) is 1. The molecular weight excluding hydrogens is 306 g/mol. The van der Waals surface area contributed by atoms with Crippen LogP contribution in [0.25, 0.3) is 21.9 Å². The van der Waals surface area contributed by atoms with E-state index >= 15 is 0 Å². The van der Waals surface area contributed by atoms with E-state index in [9.17, 15) is 9.90 Å². The van der Waals surface area contributed by atoms with Gasteiger partial charge in [0.25, 0.3) is 5.91 Å². The van der Waals surface area contributed by atoms with E-state index in [4.69, 9.17) is 5.11 Å². The maximum Gasteiger partial charge on any atom is 0.253 e. The zero-order valence-corrected chi connectivity index (χ0v) is 13.3. The lowest BCUT2D eigenvalue weighted by Gasteiger charge is -2.20. The molecule has 6 heteroatoms. The van der Waals surface area contributed by atoms with Crippen molar-refractivity contribution in [2.75, 3.05) is 20.2 Å². The predicted octanol–water partition coefficient (Wildman–Crippen LogP) is 1.66. The molecule has 0 aliphatic heterocycles. The molecule has 1 heterocycles. The summed E-state index contributed by atoms with van der Waals surface area (Å²) in [5.41, 5.74) is 2.58. The monoisotopic (exact) mass is 325 g/mol. The summed E-state index contributed by atoms with van der Waals surface area (Å²) in [5.74, 6) is -0.196. The third-order valence-corrected chi connectivity index (χ3v) is 3.98. The molecule has 0 fully saturated rings. The molecule has 1 unspecified atom stereocenters. The summed E-state index contributed by atoms with van der Waals surface area (Å²) in [5, 5.41) is 27.2. The van der Waals surface area contributed by atoms with Gasteiger partial charge in [0.1, 0.15) is 0 Å². The topological polar surface area (TPSA) is 89.4 Å². The number of aromatic amines is 1. The molecule has 1 amide bonds. The van der Waals surface area contributed by atoms with Gasteiger partial charge in [0.15, 0.2) is 0 Å². The Kier molecular flexibility index (Phi) is 4.59. The molecule has 0 saturated heterocycles. The number of hydrogen-bond acceptors (Lipinski definition) is 4. The largest absolute Gasteiger partial charge is 0.394 e. The highest BCUT2D eigenvalue weighted by atomic mass is 16.3. The molecular formula is C18H19N3O3. The summed E-state index contributed by atoms with van der Waals surface area (Å²) in [6.07, 6.45) is 2.66. The fourth-order valence-corrected chi connectivity index (χ4v) is 2.74. The predicted molar refractivity (Wildman–Crippen MR) is 91.6 cm³/mol. The second-order valence-corrected chi connectivity index (χ2v) is 5.75. The van der Waals surface area contributed by atoms with Gasteiger partial charge in [-0.1, -0.05) is 24.3 Å². The number of amides is 1. The molecule has 0 radical (unpaired) electrons. The Morgan fingerprint density at radius 3 is 2.88 bits per heavy atom. The summed E-state index contributed by atoms with van der Waals surface area (Å²) in [7, 11) is 1.60. The zero-order valence-electron chi connectivity index (χ0n) is 13.3. The first kappa shape index (κ1) is 16.2. The van der Waals surface area contributed by atoms with Crippen molar-refractivity contribution >= 4 is 16.7 Å². The second kappa shape index (κ2) is 6.82. The van der Waals surface area contributed by atoms with Crippen molar-refractivity contribution in [2.24, 2.45) is 0 Å². The summed E-state index contributed by atoms with van der Waals surface area (Å²) in [4.78, 5) is 13.9. The van der Waals surface area contributed by atoms with E-state index in [1.165, 1.54) is 4.90 Å². The number of H-pyrrole nitrogens is 1. The number of hydrogen-bond donors (Lipinski definition) is 3. The molecule has 3 rings (SSSR count). The van der Waals surface area contributed by atoms with E-state index in [2.05, 4.69) is 10.2 Å². The molecule has 0 spiro atoms. The molecule has 1 aromatic heterocycles. The van der Waals surface area contributed by atoms with Gasteiger partial charge >= 0.3 is 0 Å². The van der Waals surface area contributed by atoms with Crippen molar-refractivity contribution in [3.63, 3.8) is 0 Å². The first-order valence-electron chi connectivity index (χ1n) is 7.66. The molecule has 3 aromatic rings. The molecule has 3 N–H and O–H groups in total. The van der Waals surface area contributed by atoms with Crippen molar-refractivity contribution < 1.29 is 15.0 Å². The van der Waals surface area contributed by atoms with E-state index in [0.29, 0.717) is 5.56 Å². The zero-order chi connectivity index (χ0) is 17.1. The number of fused-ring (bicyclic) bond motifs is 1. The standard InChI is InChI=1S/C18H19N3O3/c1-21(10-15(23)11-22)18(24)13-5-6-17-12(7-13)3-2-4-16(17)14-8-19-20-9-14/h2-9,15,22-23H,10-11H2,1H3,(H,19,20). The maximum atomic E-state index is 12.5. The number of aromatic nitrogens is 2. The number of nitrogens with zero attached hydrogens (tertiary/aromatic N) is 2. The molecule has 0 aliphatic carbocycles. The number of rotatable bonds is 5. The van der Waals surface area contributed by atoms with Gasteiger partial charge < -0.3 is 15.1 Å². The minimum atomic E-state index is -0.938. The molecule has 0 saturated carbocycles. The quantitative estimate of drug-likeness (QED) is 0.665. The van der Waals surface area contributed by atoms with Crippen LogP contribution >= 0.6 is 0 Å². The highest BCUT2D eigenvalue weighted by Gasteiger charge is 2.16. The van der Waals surface area contributed by atoms with Crippen molar-refractivity contribution in [1.82, 2.24) is 15.1 Å². The normalized spacial score (nSPS) is 12.3. The lowest BCUT2D eigenvalue weighted by molar-refractivity contribution is 0.0520. The number of carbonyl (C=O) groups excluding carboxylic acids is 1. The lowest BCUT2D eigenvalue weighted by Crippen LogP contribution is -2.35. The van der Waals surface area contributed by atoms with Gasteiger partial charge in [-0.3, -0.25) is 9.89 Å². The van der Waals surface area contributed by atoms with E-state index in [0.717, 1.165) is 21.9 Å². The molecule has 0 bridgehead atoms. The van der Waals surface area contributed by atoms with Gasteiger partial charge in [0, 0.05) is 30.9 Å². The van der Waals surface area contributed by atoms with Gasteiger partial charge in [-0.15, -0.1) is 0 Å². The van der Waals surface area contributed by atoms with Gasteiger partial charge in [-0.25, -0.2) is 0 Å². The first-order chi connectivity index (χ1) is 11.6. The van der Waals surface area contributed by atoms with Gasteiger partial charge in [-0.2, -0.15) is 5.10 Å². The fraction of sp³-hybridized carbons (Fsp3) is 0.222. The smallest absolute Gasteiger partial charge is 0.253 e. The van der Waals surface area contributed by atoms with Crippen LogP contribution in [0.4, 0.5) is 0 Å². The van der Waals surface area contributed by atoms with Crippen LogP contribution in [-0.4, -0.2) is 57.5 Å². The number of nitrogens with one attached hydrogen (secondary N) is 1. The first-order valence-corrected chi connectivity index (χ1v) is 7.66. The molecule has 0 aliphatic rings. The number of aliphatic hydroxyl groups excluding tert-OH is 2. The van der Waals surface area contributed by atoms with Crippen LogP contribution in [0, 0.1) is 0 Å². The van der Waals surface area contributed by atoms with E-state index < -0.39 is 6.10 Å². The molecule has 1 atom stereocenters. The highest BCUT2D eigenvalue weighted by Crippen LogP contribution is 2.28. The van der Waals surface area contributed by atoms with Crippen LogP contribution in [0.2, 0.25) is 0 Å². The van der Waals surface area contributed by atoms with Crippen molar-refractivity contribution in [3.8, 4) is 11.1 Å². The summed E-state index contributed by atoms with van der Waals surface area (Å²) >= 11 is 0. The van der Waals surface area contributed by atoms with Crippen LogP contribution in [0.3, 0.4) is 0 Å². The van der Waals surface area contributed by atoms with E-state index in [1.54, 1.807) is 19.3 Å². The van der Waals surface area contributed by atoms with Crippen LogP contribution in [-0.2, 0) is 0 Å². The van der Waals surface area contributed by atoms with E-state index in [-0.39, 0.29) is 19.1 Å². The lowest BCUT2D eigenvalue weighted by atomic mass is 9.98. The minimum Gasteiger partial charge on any atom is -0.394 e. The van der Waals surface area contributed by atoms with Gasteiger partial charge in [0.05, 0.1) is 18.9 Å². The minimum absolute atomic E-state index is 0.0857. The Balaban J connectivity index is 1.93. The Bertz CT molecular complexity index is 846. The SMILES string of the molecule is CN(CC(O)CO)C(=O)c1ccc2c(-c3cn[nH]c3)cccc2c1. The van der Waals surface area contributed by atoms with Crippen LogP contribution in [0.5, 0.6) is 0 Å². The van der Waals surface area contributed by atoms with E-state index in [1.807, 2.05) is 36.5 Å². The summed E-state index contributed by atoms with van der Waals surface area (Å²) in [6.45, 7) is -0.286. The summed E-state index contributed by atoms with van der Waals surface area (Å²) < 4.78 is 0. The summed E-state index contributed by atoms with van der Waals surface area (Å²) in [6, 6.07) is 11.4. The van der Waals surface area contributed by atoms with Gasteiger partial charge in [-0.05, 0) is 28.5 Å². The average Bonchev–Trinajstić information content (AvgIpc) is 3.14. The third kappa shape index (κ3) is 3.15. The van der Waals surface area contributed by atoms with Crippen molar-refractivity contribution in [3.05, 3.63) is 54.4 Å². The molecule has 2 aromatic carbocycles. The van der Waals surface area contributed by atoms with Crippen LogP contribution in [0.1, 0.15) is 10.4 Å². The van der Waals surface area contributed by atoms with Gasteiger partial charge in [0.2, 0.25) is 0 Å². The Labute approximate surface area is 139 Å². The van der Waals surface area contributed by atoms with Crippen LogP contribution in [0.15, 0.2) is 48.8 Å². The maximum absolute atomic E-state index is 12.5. The Hall–Kier alpha value is -2.70. The molecule has 6 nitrogen and oxygen atoms in total. The second-order valence-electron chi connectivity index (χ2n) is 5.75. The van der Waals surface area contributed by atoms with Crippen molar-refractivity contribution in [1.29, 1.82) is 0 Å². The third-order valence-electron chi connectivity index (χ3n) is 3.98. The fourth-order valence-electron chi connectivity index (χ4n) is 2.74. The number of benzene rings is 2. The highest BCUT2D eigenvalue weighted by molar-refractivity contribution is 6.02. The average molecular weight is 325 g/mol. The number of aliphatic hydroxyl groups is 2. The Morgan fingerprint density at radius 2 is 2.17 bits per heavy atom. The van der Waals surface area contributed by atoms with Crippen LogP contribution < -0.4 is 0 Å². The number of carbonyl (C=O) groups is 1. The Morgan fingerprint density at radius 1 is 1.33 bits per heavy atom. The van der Waals surface area contributed by atoms with Crippen molar-refractivity contribution in [2.45, 2.75) is 6.10 Å². The molecule has 24 heavy (non-hydrogen) atoms.